The molecule has 0 aliphatic heterocycles. The minimum Gasteiger partial charge on any atom is -0.493 e. The van der Waals surface area contributed by atoms with E-state index in [0.717, 1.165) is 5.56 Å². The predicted molar refractivity (Wildman–Crippen MR) is 97.6 cm³/mol. The number of carbonyl (C=O) groups is 1. The Labute approximate surface area is 152 Å². The van der Waals surface area contributed by atoms with Crippen LogP contribution in [0.25, 0.3) is 0 Å². The molecule has 2 rings (SSSR count). The van der Waals surface area contributed by atoms with Crippen molar-refractivity contribution < 1.29 is 19.0 Å². The molecule has 0 aliphatic carbocycles. The first kappa shape index (κ1) is 18.9. The van der Waals surface area contributed by atoms with E-state index in [9.17, 15) is 4.79 Å². The number of halogens is 1. The van der Waals surface area contributed by atoms with Crippen molar-refractivity contribution in [3.8, 4) is 17.2 Å². The lowest BCUT2D eigenvalue weighted by Crippen LogP contribution is -2.37. The molecule has 1 atom stereocenters. The van der Waals surface area contributed by atoms with Crippen LogP contribution in [0.15, 0.2) is 42.5 Å². The van der Waals surface area contributed by atoms with Gasteiger partial charge in [0.2, 0.25) is 0 Å². The highest BCUT2D eigenvalue weighted by molar-refractivity contribution is 6.30. The fraction of sp³-hybridized carbons (Fsp3) is 0.316. The lowest BCUT2D eigenvalue weighted by atomic mass is 10.2. The number of hydrogen-bond acceptors (Lipinski definition) is 4. The van der Waals surface area contributed by atoms with E-state index >= 15 is 0 Å². The van der Waals surface area contributed by atoms with Crippen LogP contribution in [-0.2, 0) is 11.3 Å². The smallest absolute Gasteiger partial charge is 0.261 e. The summed E-state index contributed by atoms with van der Waals surface area (Å²) < 4.78 is 16.2. The van der Waals surface area contributed by atoms with Crippen molar-refractivity contribution in [1.82, 2.24) is 5.32 Å². The summed E-state index contributed by atoms with van der Waals surface area (Å²) in [5.74, 6) is 1.66. The standard InChI is InChI=1S/C19H22ClNO4/c1-4-16(25-15-7-5-6-14(20)11-15)19(22)21-12-13-8-9-17(23-2)18(10-13)24-3/h5-11,16H,4,12H2,1-3H3,(H,21,22). The second-order valence-electron chi connectivity index (χ2n) is 5.38. The van der Waals surface area contributed by atoms with Crippen molar-refractivity contribution in [3.05, 3.63) is 53.1 Å². The molecule has 25 heavy (non-hydrogen) atoms. The van der Waals surface area contributed by atoms with Gasteiger partial charge in [-0.1, -0.05) is 30.7 Å². The fourth-order valence-corrected chi connectivity index (χ4v) is 2.50. The van der Waals surface area contributed by atoms with E-state index in [0.29, 0.717) is 35.2 Å². The van der Waals surface area contributed by atoms with E-state index in [-0.39, 0.29) is 5.91 Å². The van der Waals surface area contributed by atoms with Crippen molar-refractivity contribution in [2.45, 2.75) is 26.0 Å². The van der Waals surface area contributed by atoms with Gasteiger partial charge in [0.25, 0.3) is 5.91 Å². The Morgan fingerprint density at radius 3 is 2.52 bits per heavy atom. The number of rotatable bonds is 8. The maximum absolute atomic E-state index is 12.4. The molecule has 0 fully saturated rings. The van der Waals surface area contributed by atoms with E-state index in [1.165, 1.54) is 0 Å². The monoisotopic (exact) mass is 363 g/mol. The molecule has 0 aliphatic rings. The second-order valence-corrected chi connectivity index (χ2v) is 5.82. The number of nitrogens with one attached hydrogen (secondary N) is 1. The van der Waals surface area contributed by atoms with Crippen molar-refractivity contribution in [1.29, 1.82) is 0 Å². The Bertz CT molecular complexity index is 720. The van der Waals surface area contributed by atoms with Crippen LogP contribution in [0.4, 0.5) is 0 Å². The van der Waals surface area contributed by atoms with Crippen LogP contribution in [0.2, 0.25) is 5.02 Å². The lowest BCUT2D eigenvalue weighted by Gasteiger charge is -2.18. The summed E-state index contributed by atoms with van der Waals surface area (Å²) >= 11 is 5.94. The Morgan fingerprint density at radius 1 is 1.12 bits per heavy atom. The van der Waals surface area contributed by atoms with Crippen LogP contribution >= 0.6 is 11.6 Å². The highest BCUT2D eigenvalue weighted by Gasteiger charge is 2.18. The quantitative estimate of drug-likeness (QED) is 0.774. The summed E-state index contributed by atoms with van der Waals surface area (Å²) in [5.41, 5.74) is 0.906. The Balaban J connectivity index is 1.98. The number of benzene rings is 2. The molecule has 2 aromatic carbocycles. The van der Waals surface area contributed by atoms with Gasteiger partial charge in [0, 0.05) is 11.6 Å². The zero-order valence-corrected chi connectivity index (χ0v) is 15.3. The van der Waals surface area contributed by atoms with Crippen LogP contribution in [0.5, 0.6) is 17.2 Å². The average Bonchev–Trinajstić information content (AvgIpc) is 2.63. The maximum Gasteiger partial charge on any atom is 0.261 e. The van der Waals surface area contributed by atoms with Crippen LogP contribution in [0.1, 0.15) is 18.9 Å². The molecule has 0 bridgehead atoms. The van der Waals surface area contributed by atoms with Crippen LogP contribution in [0, 0.1) is 0 Å². The molecule has 0 heterocycles. The zero-order chi connectivity index (χ0) is 18.2. The number of carbonyl (C=O) groups excluding carboxylic acids is 1. The highest BCUT2D eigenvalue weighted by atomic mass is 35.5. The normalized spacial score (nSPS) is 11.5. The summed E-state index contributed by atoms with van der Waals surface area (Å²) in [6.07, 6.45) is -0.0387. The largest absolute Gasteiger partial charge is 0.493 e. The minimum atomic E-state index is -0.585. The van der Waals surface area contributed by atoms with Gasteiger partial charge in [0.15, 0.2) is 17.6 Å². The van der Waals surface area contributed by atoms with Gasteiger partial charge in [-0.15, -0.1) is 0 Å². The van der Waals surface area contributed by atoms with Gasteiger partial charge >= 0.3 is 0 Å². The SMILES string of the molecule is CCC(Oc1cccc(Cl)c1)C(=O)NCc1ccc(OC)c(OC)c1. The zero-order valence-electron chi connectivity index (χ0n) is 14.5. The molecule has 0 saturated carbocycles. The van der Waals surface area contributed by atoms with E-state index in [2.05, 4.69) is 5.32 Å². The molecule has 1 amide bonds. The first-order valence-corrected chi connectivity index (χ1v) is 8.36. The van der Waals surface area contributed by atoms with Gasteiger partial charge in [-0.2, -0.15) is 0 Å². The molecule has 0 radical (unpaired) electrons. The molecule has 0 saturated heterocycles. The predicted octanol–water partition coefficient (Wildman–Crippen LogP) is 3.83. The highest BCUT2D eigenvalue weighted by Crippen LogP contribution is 2.27. The third kappa shape index (κ3) is 5.29. The van der Waals surface area contributed by atoms with Gasteiger partial charge in [0.05, 0.1) is 14.2 Å². The van der Waals surface area contributed by atoms with E-state index in [1.807, 2.05) is 19.1 Å². The first-order valence-electron chi connectivity index (χ1n) is 7.98. The van der Waals surface area contributed by atoms with Crippen molar-refractivity contribution >= 4 is 17.5 Å². The molecule has 1 unspecified atom stereocenters. The molecule has 0 aromatic heterocycles. The first-order chi connectivity index (χ1) is 12.1. The van der Waals surface area contributed by atoms with Crippen molar-refractivity contribution in [3.63, 3.8) is 0 Å². The van der Waals surface area contributed by atoms with Crippen LogP contribution in [-0.4, -0.2) is 26.2 Å². The second kappa shape index (κ2) is 9.18. The third-order valence-corrected chi connectivity index (χ3v) is 3.89. The van der Waals surface area contributed by atoms with Gasteiger partial charge in [-0.25, -0.2) is 0 Å². The van der Waals surface area contributed by atoms with E-state index in [4.69, 9.17) is 25.8 Å². The summed E-state index contributed by atoms with van der Waals surface area (Å²) in [5, 5.41) is 3.45. The third-order valence-electron chi connectivity index (χ3n) is 3.65. The molecule has 5 nitrogen and oxygen atoms in total. The average molecular weight is 364 g/mol. The molecule has 1 N–H and O–H groups in total. The van der Waals surface area contributed by atoms with Gasteiger partial charge in [-0.05, 0) is 42.3 Å². The summed E-state index contributed by atoms with van der Waals surface area (Å²) in [7, 11) is 3.16. The number of amides is 1. The van der Waals surface area contributed by atoms with Gasteiger partial charge < -0.3 is 19.5 Å². The number of hydrogen-bond donors (Lipinski definition) is 1. The summed E-state index contributed by atoms with van der Waals surface area (Å²) in [6, 6.07) is 12.5. The van der Waals surface area contributed by atoms with E-state index < -0.39 is 6.10 Å². The molecular formula is C19H22ClNO4. The van der Waals surface area contributed by atoms with Gasteiger partial charge in [0.1, 0.15) is 5.75 Å². The molecule has 0 spiro atoms. The minimum absolute atomic E-state index is 0.183. The summed E-state index contributed by atoms with van der Waals surface area (Å²) in [6.45, 7) is 2.26. The Hall–Kier alpha value is -2.40. The fourth-order valence-electron chi connectivity index (χ4n) is 2.32. The van der Waals surface area contributed by atoms with E-state index in [1.54, 1.807) is 44.6 Å². The summed E-state index contributed by atoms with van der Waals surface area (Å²) in [4.78, 5) is 12.4. The molecular weight excluding hydrogens is 342 g/mol. The Morgan fingerprint density at radius 2 is 1.88 bits per heavy atom. The Kier molecular flexibility index (Phi) is 6.95. The molecule has 6 heteroatoms. The van der Waals surface area contributed by atoms with Crippen molar-refractivity contribution in [2.75, 3.05) is 14.2 Å². The molecule has 134 valence electrons. The topological polar surface area (TPSA) is 56.8 Å². The van der Waals surface area contributed by atoms with Crippen LogP contribution in [0.3, 0.4) is 0 Å². The van der Waals surface area contributed by atoms with Gasteiger partial charge in [-0.3, -0.25) is 4.79 Å². The number of ether oxygens (including phenoxy) is 3. The number of methoxy groups -OCH3 is 2. The molecule has 2 aromatic rings. The van der Waals surface area contributed by atoms with Crippen molar-refractivity contribution in [2.24, 2.45) is 0 Å². The van der Waals surface area contributed by atoms with Crippen LogP contribution < -0.4 is 19.5 Å². The maximum atomic E-state index is 12.4. The lowest BCUT2D eigenvalue weighted by molar-refractivity contribution is -0.128.